The highest BCUT2D eigenvalue weighted by Crippen LogP contribution is 2.37. The predicted molar refractivity (Wildman–Crippen MR) is 81.5 cm³/mol. The molecule has 0 aliphatic carbocycles. The second-order valence-electron chi connectivity index (χ2n) is 4.94. The Balaban J connectivity index is 2.06. The van der Waals surface area contributed by atoms with Gasteiger partial charge in [0.15, 0.2) is 16.3 Å². The number of rotatable bonds is 0. The molecule has 0 fully saturated rings. The third-order valence-corrected chi connectivity index (χ3v) is 4.04. The Morgan fingerprint density at radius 2 is 1.95 bits per heavy atom. The molecule has 0 saturated carbocycles. The predicted octanol–water partition coefficient (Wildman–Crippen LogP) is 3.43. The smallest absolute Gasteiger partial charge is 0.231 e. The molecule has 0 atom stereocenters. The van der Waals surface area contributed by atoms with E-state index in [1.54, 1.807) is 0 Å². The Morgan fingerprint density at radius 3 is 2.86 bits per heavy atom. The molecule has 1 aliphatic rings. The van der Waals surface area contributed by atoms with Gasteiger partial charge in [-0.05, 0) is 30.4 Å². The molecular weight excluding hydrogens is 286 g/mol. The molecule has 0 amide bonds. The van der Waals surface area contributed by atoms with E-state index in [9.17, 15) is 0 Å². The van der Waals surface area contributed by atoms with Gasteiger partial charge in [-0.1, -0.05) is 12.1 Å². The Kier molecular flexibility index (Phi) is 1.97. The van der Waals surface area contributed by atoms with Crippen LogP contribution in [0.5, 0.6) is 11.5 Å². The zero-order valence-electron chi connectivity index (χ0n) is 10.8. The highest BCUT2D eigenvalue weighted by atomic mass is 32.1. The van der Waals surface area contributed by atoms with E-state index in [4.69, 9.17) is 26.7 Å². The highest BCUT2D eigenvalue weighted by Gasteiger charge is 2.17. The number of imidazole rings is 1. The van der Waals surface area contributed by atoms with Gasteiger partial charge in [0.1, 0.15) is 5.65 Å². The summed E-state index contributed by atoms with van der Waals surface area (Å²) in [6.07, 6.45) is 0. The van der Waals surface area contributed by atoms with Crippen LogP contribution in [-0.4, -0.2) is 21.2 Å². The molecule has 21 heavy (non-hydrogen) atoms. The summed E-state index contributed by atoms with van der Waals surface area (Å²) in [4.78, 5) is 7.95. The van der Waals surface area contributed by atoms with E-state index in [-0.39, 0.29) is 6.79 Å². The van der Waals surface area contributed by atoms with Gasteiger partial charge in [0.05, 0.1) is 16.6 Å². The number of benzene rings is 2. The molecule has 2 aromatic heterocycles. The second-order valence-corrected chi connectivity index (χ2v) is 5.33. The van der Waals surface area contributed by atoms with Crippen LogP contribution in [-0.2, 0) is 0 Å². The molecule has 0 unspecified atom stereocenters. The molecule has 3 heterocycles. The number of H-pyrrole nitrogens is 1. The van der Waals surface area contributed by atoms with E-state index < -0.39 is 0 Å². The van der Waals surface area contributed by atoms with Crippen LogP contribution in [0.25, 0.3) is 27.6 Å². The van der Waals surface area contributed by atoms with E-state index in [2.05, 4.69) is 4.98 Å². The molecule has 0 bridgehead atoms. The van der Waals surface area contributed by atoms with Crippen LogP contribution in [0.15, 0.2) is 36.4 Å². The number of para-hydroxylation sites is 2. The van der Waals surface area contributed by atoms with E-state index in [1.807, 2.05) is 40.8 Å². The summed E-state index contributed by atoms with van der Waals surface area (Å²) in [6.45, 7) is 0.249. The van der Waals surface area contributed by atoms with Crippen LogP contribution < -0.4 is 9.47 Å². The monoisotopic (exact) mass is 295 g/mol. The molecule has 102 valence electrons. The molecule has 4 aromatic rings. The van der Waals surface area contributed by atoms with E-state index >= 15 is 0 Å². The number of nitrogens with zero attached hydrogens (tertiary/aromatic N) is 2. The largest absolute Gasteiger partial charge is 0.454 e. The zero-order valence-corrected chi connectivity index (χ0v) is 11.6. The summed E-state index contributed by atoms with van der Waals surface area (Å²) in [7, 11) is 0. The third-order valence-electron chi connectivity index (χ3n) is 3.76. The lowest BCUT2D eigenvalue weighted by molar-refractivity contribution is 0.174. The summed E-state index contributed by atoms with van der Waals surface area (Å²) in [5.74, 6) is 1.47. The van der Waals surface area contributed by atoms with Crippen LogP contribution in [0.4, 0.5) is 0 Å². The minimum absolute atomic E-state index is 0.249. The molecule has 5 nitrogen and oxygen atoms in total. The van der Waals surface area contributed by atoms with Crippen molar-refractivity contribution in [2.24, 2.45) is 0 Å². The summed E-state index contributed by atoms with van der Waals surface area (Å²) in [5.41, 5.74) is 3.63. The highest BCUT2D eigenvalue weighted by molar-refractivity contribution is 7.71. The van der Waals surface area contributed by atoms with Gasteiger partial charge >= 0.3 is 0 Å². The van der Waals surface area contributed by atoms with Crippen LogP contribution in [0.1, 0.15) is 0 Å². The second kappa shape index (κ2) is 3.73. The van der Waals surface area contributed by atoms with E-state index in [0.717, 1.165) is 39.1 Å². The summed E-state index contributed by atoms with van der Waals surface area (Å²) in [6, 6.07) is 11.8. The fourth-order valence-electron chi connectivity index (χ4n) is 2.81. The first-order valence-electron chi connectivity index (χ1n) is 6.54. The molecule has 5 rings (SSSR count). The topological polar surface area (TPSA) is 51.6 Å². The van der Waals surface area contributed by atoms with Gasteiger partial charge in [-0.2, -0.15) is 0 Å². The van der Waals surface area contributed by atoms with Crippen molar-refractivity contribution in [1.29, 1.82) is 0 Å². The molecule has 2 aromatic carbocycles. The maximum absolute atomic E-state index is 5.49. The number of fused-ring (bicyclic) bond motifs is 6. The SMILES string of the molecule is S=c1[nH]c2cc3c(cc2c2nc4ccccc4n12)OCO3. The fraction of sp³-hybridized carbons (Fsp3) is 0.0667. The van der Waals surface area contributed by atoms with Gasteiger partial charge in [0.2, 0.25) is 6.79 Å². The number of nitrogens with one attached hydrogen (secondary N) is 1. The summed E-state index contributed by atoms with van der Waals surface area (Å²) >= 11 is 5.49. The third kappa shape index (κ3) is 1.39. The van der Waals surface area contributed by atoms with Crippen molar-refractivity contribution in [2.45, 2.75) is 0 Å². The number of hydrogen-bond donors (Lipinski definition) is 1. The van der Waals surface area contributed by atoms with Gasteiger partial charge in [0.25, 0.3) is 0 Å². The fourth-order valence-corrected chi connectivity index (χ4v) is 3.11. The van der Waals surface area contributed by atoms with Gasteiger partial charge in [-0.3, -0.25) is 4.40 Å². The van der Waals surface area contributed by atoms with Crippen molar-refractivity contribution in [1.82, 2.24) is 14.4 Å². The van der Waals surface area contributed by atoms with Crippen molar-refractivity contribution in [3.8, 4) is 11.5 Å². The maximum atomic E-state index is 5.49. The molecule has 0 radical (unpaired) electrons. The Bertz CT molecular complexity index is 1100. The van der Waals surface area contributed by atoms with Gasteiger partial charge in [-0.25, -0.2) is 4.98 Å². The Labute approximate surface area is 123 Å². The lowest BCUT2D eigenvalue weighted by atomic mass is 10.2. The van der Waals surface area contributed by atoms with Crippen molar-refractivity contribution < 1.29 is 9.47 Å². The van der Waals surface area contributed by atoms with Crippen LogP contribution >= 0.6 is 12.2 Å². The average molecular weight is 295 g/mol. The number of ether oxygens (including phenoxy) is 2. The maximum Gasteiger partial charge on any atom is 0.231 e. The molecule has 0 spiro atoms. The number of hydrogen-bond acceptors (Lipinski definition) is 4. The van der Waals surface area contributed by atoms with E-state index in [0.29, 0.717) is 4.77 Å². The first kappa shape index (κ1) is 11.1. The van der Waals surface area contributed by atoms with Crippen LogP contribution in [0.2, 0.25) is 0 Å². The Morgan fingerprint density at radius 1 is 1.14 bits per heavy atom. The molecule has 1 N–H and O–H groups in total. The van der Waals surface area contributed by atoms with Gasteiger partial charge < -0.3 is 14.5 Å². The minimum atomic E-state index is 0.249. The van der Waals surface area contributed by atoms with Crippen molar-refractivity contribution in [3.63, 3.8) is 0 Å². The summed E-state index contributed by atoms with van der Waals surface area (Å²) < 4.78 is 13.4. The van der Waals surface area contributed by atoms with Gasteiger partial charge in [-0.15, -0.1) is 0 Å². The number of aromatic amines is 1. The van der Waals surface area contributed by atoms with Gasteiger partial charge in [0, 0.05) is 11.5 Å². The number of aromatic nitrogens is 3. The lowest BCUT2D eigenvalue weighted by Crippen LogP contribution is -1.93. The zero-order chi connectivity index (χ0) is 14.0. The van der Waals surface area contributed by atoms with Crippen LogP contribution in [0, 0.1) is 4.77 Å². The standard InChI is InChI=1S/C15H9N3O2S/c21-15-17-10-6-13-12(19-7-20-13)5-8(10)14-16-9-3-1-2-4-11(9)18(14)15/h1-6H,7H2,(H,17,21). The quantitative estimate of drug-likeness (QED) is 0.505. The first-order chi connectivity index (χ1) is 10.3. The molecule has 1 aliphatic heterocycles. The van der Waals surface area contributed by atoms with Crippen molar-refractivity contribution in [2.75, 3.05) is 6.79 Å². The van der Waals surface area contributed by atoms with Crippen molar-refractivity contribution in [3.05, 3.63) is 41.2 Å². The van der Waals surface area contributed by atoms with E-state index in [1.165, 1.54) is 0 Å². The minimum Gasteiger partial charge on any atom is -0.454 e. The molecular formula is C15H9N3O2S. The molecule has 0 saturated heterocycles. The normalized spacial score (nSPS) is 13.5. The summed E-state index contributed by atoms with van der Waals surface area (Å²) in [5, 5.41) is 0.962. The lowest BCUT2D eigenvalue weighted by Gasteiger charge is -2.04. The Hall–Kier alpha value is -2.60. The average Bonchev–Trinajstić information content (AvgIpc) is 3.09. The first-order valence-corrected chi connectivity index (χ1v) is 6.95. The van der Waals surface area contributed by atoms with Crippen LogP contribution in [0.3, 0.4) is 0 Å². The van der Waals surface area contributed by atoms with Crippen molar-refractivity contribution >= 4 is 39.8 Å². The molecule has 6 heteroatoms.